The van der Waals surface area contributed by atoms with E-state index in [9.17, 15) is 14.0 Å². The van der Waals surface area contributed by atoms with E-state index in [2.05, 4.69) is 5.32 Å². The Labute approximate surface area is 94.8 Å². The lowest BCUT2D eigenvalue weighted by molar-refractivity contribution is -0.138. The van der Waals surface area contributed by atoms with E-state index in [4.69, 9.17) is 5.11 Å². The summed E-state index contributed by atoms with van der Waals surface area (Å²) in [6.07, 6.45) is -0.271. The van der Waals surface area contributed by atoms with E-state index < -0.39 is 17.0 Å². The van der Waals surface area contributed by atoms with Crippen molar-refractivity contribution in [3.63, 3.8) is 0 Å². The topological polar surface area (TPSA) is 66.4 Å². The third-order valence-corrected chi connectivity index (χ3v) is 3.38. The second-order valence-corrected chi connectivity index (χ2v) is 4.58. The average molecular weight is 241 g/mol. The van der Waals surface area contributed by atoms with Crippen LogP contribution < -0.4 is 5.32 Å². The molecule has 2 N–H and O–H groups in total. The minimum atomic E-state index is -1.05. The Kier molecular flexibility index (Phi) is 2.82. The maximum atomic E-state index is 12.9. The van der Waals surface area contributed by atoms with Crippen LogP contribution in [-0.2, 0) is 9.59 Å². The maximum Gasteiger partial charge on any atom is 0.305 e. The first-order valence-electron chi connectivity index (χ1n) is 4.55. The largest absolute Gasteiger partial charge is 0.481 e. The molecule has 6 heteroatoms. The number of fused-ring (bicyclic) bond motifs is 1. The Morgan fingerprint density at radius 3 is 3.00 bits per heavy atom. The van der Waals surface area contributed by atoms with Crippen molar-refractivity contribution in [1.82, 2.24) is 0 Å². The van der Waals surface area contributed by atoms with Gasteiger partial charge in [0.25, 0.3) is 0 Å². The number of benzene rings is 1. The van der Waals surface area contributed by atoms with Gasteiger partial charge in [0.1, 0.15) is 5.82 Å². The lowest BCUT2D eigenvalue weighted by Gasteiger charge is -2.22. The molecule has 0 saturated carbocycles. The molecule has 1 aliphatic rings. The summed E-state index contributed by atoms with van der Waals surface area (Å²) in [7, 11) is 0. The molecule has 0 fully saturated rings. The Balaban J connectivity index is 2.26. The van der Waals surface area contributed by atoms with Crippen LogP contribution in [0.25, 0.3) is 0 Å². The molecule has 16 heavy (non-hydrogen) atoms. The predicted molar refractivity (Wildman–Crippen MR) is 56.9 cm³/mol. The Morgan fingerprint density at radius 2 is 2.31 bits per heavy atom. The van der Waals surface area contributed by atoms with Crippen LogP contribution in [0.15, 0.2) is 23.1 Å². The van der Waals surface area contributed by atoms with E-state index in [1.807, 2.05) is 0 Å². The third kappa shape index (κ3) is 2.16. The van der Waals surface area contributed by atoms with E-state index in [1.165, 1.54) is 18.2 Å². The van der Waals surface area contributed by atoms with Crippen molar-refractivity contribution in [3.8, 4) is 0 Å². The summed E-state index contributed by atoms with van der Waals surface area (Å²) < 4.78 is 12.9. The van der Waals surface area contributed by atoms with Crippen LogP contribution in [-0.4, -0.2) is 22.2 Å². The molecule has 1 atom stereocenters. The van der Waals surface area contributed by atoms with Crippen molar-refractivity contribution in [1.29, 1.82) is 0 Å². The van der Waals surface area contributed by atoms with Crippen LogP contribution in [0.5, 0.6) is 0 Å². The van der Waals surface area contributed by atoms with Gasteiger partial charge in [0.15, 0.2) is 0 Å². The molecule has 0 bridgehead atoms. The van der Waals surface area contributed by atoms with Crippen LogP contribution in [0.4, 0.5) is 10.1 Å². The van der Waals surface area contributed by atoms with Gasteiger partial charge < -0.3 is 10.4 Å². The van der Waals surface area contributed by atoms with E-state index >= 15 is 0 Å². The maximum absolute atomic E-state index is 12.9. The highest BCUT2D eigenvalue weighted by atomic mass is 32.2. The highest BCUT2D eigenvalue weighted by Crippen LogP contribution is 2.37. The number of anilines is 1. The fourth-order valence-electron chi connectivity index (χ4n) is 1.41. The molecular formula is C10H8FNO3S. The second-order valence-electron chi connectivity index (χ2n) is 3.33. The van der Waals surface area contributed by atoms with Gasteiger partial charge >= 0.3 is 5.97 Å². The number of halogens is 1. The monoisotopic (exact) mass is 241 g/mol. The first kappa shape index (κ1) is 10.9. The van der Waals surface area contributed by atoms with Crippen LogP contribution in [0, 0.1) is 5.82 Å². The Bertz CT molecular complexity index is 463. The number of hydrogen-bond donors (Lipinski definition) is 2. The molecule has 1 aromatic rings. The molecule has 0 spiro atoms. The molecule has 0 radical (unpaired) electrons. The van der Waals surface area contributed by atoms with E-state index in [0.29, 0.717) is 10.6 Å². The highest BCUT2D eigenvalue weighted by Gasteiger charge is 2.28. The molecule has 1 amide bonds. The number of aliphatic carboxylic acids is 1. The summed E-state index contributed by atoms with van der Waals surface area (Å²) in [5.74, 6) is -1.81. The van der Waals surface area contributed by atoms with E-state index in [0.717, 1.165) is 11.8 Å². The molecule has 2 rings (SSSR count). The van der Waals surface area contributed by atoms with Gasteiger partial charge in [-0.2, -0.15) is 0 Å². The molecule has 1 unspecified atom stereocenters. The lowest BCUT2D eigenvalue weighted by atomic mass is 10.2. The minimum Gasteiger partial charge on any atom is -0.481 e. The smallest absolute Gasteiger partial charge is 0.305 e. The Morgan fingerprint density at radius 1 is 1.56 bits per heavy atom. The lowest BCUT2D eigenvalue weighted by Crippen LogP contribution is -2.30. The summed E-state index contributed by atoms with van der Waals surface area (Å²) in [5.41, 5.74) is 0.526. The SMILES string of the molecule is O=C(O)CC1Sc2cc(F)ccc2NC1=O. The highest BCUT2D eigenvalue weighted by molar-refractivity contribution is 8.01. The molecule has 0 aromatic heterocycles. The number of carboxylic acids is 1. The number of carbonyl (C=O) groups excluding carboxylic acids is 1. The van der Waals surface area contributed by atoms with Gasteiger partial charge in [-0.1, -0.05) is 0 Å². The fourth-order valence-corrected chi connectivity index (χ4v) is 2.53. The van der Waals surface area contributed by atoms with Crippen molar-refractivity contribution in [2.24, 2.45) is 0 Å². The summed E-state index contributed by atoms with van der Waals surface area (Å²) in [4.78, 5) is 22.6. The van der Waals surface area contributed by atoms with Gasteiger partial charge in [-0.3, -0.25) is 9.59 Å². The number of rotatable bonds is 2. The van der Waals surface area contributed by atoms with Crippen LogP contribution >= 0.6 is 11.8 Å². The van der Waals surface area contributed by atoms with Gasteiger partial charge in [0.2, 0.25) is 5.91 Å². The van der Waals surface area contributed by atoms with Gasteiger partial charge in [-0.25, -0.2) is 4.39 Å². The number of amides is 1. The van der Waals surface area contributed by atoms with Crippen LogP contribution in [0.1, 0.15) is 6.42 Å². The number of carboxylic acid groups (broad SMARTS) is 1. The Hall–Kier alpha value is -1.56. The van der Waals surface area contributed by atoms with Crippen LogP contribution in [0.2, 0.25) is 0 Å². The molecule has 1 aliphatic heterocycles. The van der Waals surface area contributed by atoms with Crippen molar-refractivity contribution in [2.45, 2.75) is 16.6 Å². The third-order valence-electron chi connectivity index (χ3n) is 2.12. The second kappa shape index (κ2) is 4.13. The molecule has 1 heterocycles. The number of hydrogen-bond acceptors (Lipinski definition) is 3. The summed E-state index contributed by atoms with van der Waals surface area (Å²) in [5, 5.41) is 10.5. The summed E-state index contributed by atoms with van der Waals surface area (Å²) >= 11 is 1.07. The molecular weight excluding hydrogens is 233 g/mol. The van der Waals surface area contributed by atoms with Crippen molar-refractivity contribution < 1.29 is 19.1 Å². The molecule has 0 saturated heterocycles. The fraction of sp³-hybridized carbons (Fsp3) is 0.200. The number of thioether (sulfide) groups is 1. The number of carbonyl (C=O) groups is 2. The van der Waals surface area contributed by atoms with E-state index in [1.54, 1.807) is 0 Å². The van der Waals surface area contributed by atoms with Crippen molar-refractivity contribution in [2.75, 3.05) is 5.32 Å². The zero-order chi connectivity index (χ0) is 11.7. The first-order chi connectivity index (χ1) is 7.56. The first-order valence-corrected chi connectivity index (χ1v) is 5.43. The van der Waals surface area contributed by atoms with Gasteiger partial charge in [0.05, 0.1) is 17.4 Å². The zero-order valence-corrected chi connectivity index (χ0v) is 8.88. The summed E-state index contributed by atoms with van der Waals surface area (Å²) in [6.45, 7) is 0. The van der Waals surface area contributed by atoms with Crippen molar-refractivity contribution >= 4 is 29.3 Å². The molecule has 1 aromatic carbocycles. The van der Waals surface area contributed by atoms with Gasteiger partial charge in [-0.15, -0.1) is 11.8 Å². The molecule has 84 valence electrons. The van der Waals surface area contributed by atoms with Gasteiger partial charge in [-0.05, 0) is 18.2 Å². The molecule has 0 aliphatic carbocycles. The van der Waals surface area contributed by atoms with Crippen molar-refractivity contribution in [3.05, 3.63) is 24.0 Å². The van der Waals surface area contributed by atoms with E-state index in [-0.39, 0.29) is 12.3 Å². The van der Waals surface area contributed by atoms with Crippen LogP contribution in [0.3, 0.4) is 0 Å². The predicted octanol–water partition coefficient (Wildman–Crippen LogP) is 1.71. The minimum absolute atomic E-state index is 0.271. The zero-order valence-electron chi connectivity index (χ0n) is 8.07. The summed E-state index contributed by atoms with van der Waals surface area (Å²) in [6, 6.07) is 4.00. The number of nitrogens with one attached hydrogen (secondary N) is 1. The average Bonchev–Trinajstić information content (AvgIpc) is 2.19. The van der Waals surface area contributed by atoms with Gasteiger partial charge in [0, 0.05) is 4.90 Å². The standard InChI is InChI=1S/C10H8FNO3S/c11-5-1-2-6-7(3-5)16-8(4-9(13)14)10(15)12-6/h1-3,8H,4H2,(H,12,15)(H,13,14). The molecule has 4 nitrogen and oxygen atoms in total. The quantitative estimate of drug-likeness (QED) is 0.827. The normalized spacial score (nSPS) is 18.8.